The SMILES string of the molecule is COC(=O)c1ccc2ccc(CSc3nc4c(C#N)cnn4c(=O)[nH]3)cc2c1. The molecule has 0 saturated carbocycles. The van der Waals surface area contributed by atoms with Gasteiger partial charge in [0.1, 0.15) is 11.6 Å². The Hall–Kier alpha value is -3.64. The number of ether oxygens (including phenoxy) is 1. The summed E-state index contributed by atoms with van der Waals surface area (Å²) in [6.45, 7) is 0. The number of carbonyl (C=O) groups excluding carboxylic acids is 1. The minimum absolute atomic E-state index is 0.231. The molecule has 138 valence electrons. The van der Waals surface area contributed by atoms with Gasteiger partial charge in [-0.2, -0.15) is 14.9 Å². The number of esters is 1. The second-order valence-corrected chi connectivity index (χ2v) is 6.89. The lowest BCUT2D eigenvalue weighted by Crippen LogP contribution is -2.19. The van der Waals surface area contributed by atoms with E-state index in [2.05, 4.69) is 15.1 Å². The number of rotatable bonds is 4. The Bertz CT molecular complexity index is 1320. The minimum atomic E-state index is -0.449. The van der Waals surface area contributed by atoms with Crippen molar-refractivity contribution >= 4 is 34.2 Å². The van der Waals surface area contributed by atoms with E-state index in [1.54, 1.807) is 12.1 Å². The van der Waals surface area contributed by atoms with Crippen LogP contribution in [0.2, 0.25) is 0 Å². The van der Waals surface area contributed by atoms with E-state index in [0.717, 1.165) is 20.9 Å². The molecule has 28 heavy (non-hydrogen) atoms. The highest BCUT2D eigenvalue weighted by atomic mass is 32.2. The third-order valence-electron chi connectivity index (χ3n) is 4.18. The largest absolute Gasteiger partial charge is 0.465 e. The summed E-state index contributed by atoms with van der Waals surface area (Å²) in [5.74, 6) is 0.166. The quantitative estimate of drug-likeness (QED) is 0.420. The molecule has 0 bridgehead atoms. The van der Waals surface area contributed by atoms with Gasteiger partial charge in [-0.05, 0) is 28.5 Å². The highest BCUT2D eigenvalue weighted by molar-refractivity contribution is 7.98. The zero-order valence-corrected chi connectivity index (χ0v) is 15.5. The van der Waals surface area contributed by atoms with Crippen LogP contribution in [-0.2, 0) is 10.5 Å². The van der Waals surface area contributed by atoms with Gasteiger partial charge in [0, 0.05) is 5.75 Å². The van der Waals surface area contributed by atoms with Gasteiger partial charge in [0.05, 0.1) is 18.9 Å². The molecule has 2 aromatic carbocycles. The highest BCUT2D eigenvalue weighted by Crippen LogP contribution is 2.24. The summed E-state index contributed by atoms with van der Waals surface area (Å²) in [6, 6.07) is 13.3. The van der Waals surface area contributed by atoms with E-state index in [9.17, 15) is 9.59 Å². The van der Waals surface area contributed by atoms with Crippen LogP contribution in [0.15, 0.2) is 52.5 Å². The maximum Gasteiger partial charge on any atom is 0.350 e. The molecule has 2 heterocycles. The first-order valence-electron chi connectivity index (χ1n) is 8.21. The van der Waals surface area contributed by atoms with Crippen molar-refractivity contribution in [2.24, 2.45) is 0 Å². The summed E-state index contributed by atoms with van der Waals surface area (Å²) in [5.41, 5.74) is 1.51. The molecule has 0 amide bonds. The second-order valence-electron chi connectivity index (χ2n) is 5.93. The zero-order chi connectivity index (χ0) is 19.7. The number of fused-ring (bicyclic) bond motifs is 2. The molecule has 0 aliphatic rings. The first kappa shape index (κ1) is 17.8. The monoisotopic (exact) mass is 391 g/mol. The lowest BCUT2D eigenvalue weighted by Gasteiger charge is -2.06. The van der Waals surface area contributed by atoms with Crippen molar-refractivity contribution in [3.8, 4) is 6.07 Å². The maximum absolute atomic E-state index is 12.1. The summed E-state index contributed by atoms with van der Waals surface area (Å²) < 4.78 is 5.83. The van der Waals surface area contributed by atoms with Crippen molar-refractivity contribution < 1.29 is 9.53 Å². The number of thioether (sulfide) groups is 1. The first-order valence-corrected chi connectivity index (χ1v) is 9.19. The van der Waals surface area contributed by atoms with Crippen LogP contribution in [0.5, 0.6) is 0 Å². The Morgan fingerprint density at radius 3 is 2.89 bits per heavy atom. The number of aromatic nitrogens is 4. The average Bonchev–Trinajstić information content (AvgIpc) is 3.14. The fourth-order valence-corrected chi connectivity index (χ4v) is 3.59. The Morgan fingerprint density at radius 1 is 1.29 bits per heavy atom. The van der Waals surface area contributed by atoms with Gasteiger partial charge in [-0.15, -0.1) is 0 Å². The van der Waals surface area contributed by atoms with Crippen LogP contribution in [0.25, 0.3) is 16.4 Å². The zero-order valence-electron chi connectivity index (χ0n) is 14.7. The molecule has 4 aromatic rings. The smallest absolute Gasteiger partial charge is 0.350 e. The van der Waals surface area contributed by atoms with Crippen LogP contribution < -0.4 is 5.69 Å². The Labute approximate surface area is 162 Å². The standard InChI is InChI=1S/C19H13N5O3S/c1-27-17(25)13-5-4-12-3-2-11(6-14(12)7-13)10-28-18-22-16-15(8-20)9-21-24(16)19(26)23-18/h2-7,9H,10H2,1H3,(H,22,23,26). The van der Waals surface area contributed by atoms with E-state index >= 15 is 0 Å². The number of nitrogens with zero attached hydrogens (tertiary/aromatic N) is 4. The van der Waals surface area contributed by atoms with Crippen LogP contribution in [-0.4, -0.2) is 32.7 Å². The summed E-state index contributed by atoms with van der Waals surface area (Å²) in [7, 11) is 1.35. The van der Waals surface area contributed by atoms with E-state index in [-0.39, 0.29) is 17.2 Å². The third kappa shape index (κ3) is 3.21. The average molecular weight is 391 g/mol. The second kappa shape index (κ2) is 7.17. The van der Waals surface area contributed by atoms with Crippen LogP contribution >= 0.6 is 11.8 Å². The highest BCUT2D eigenvalue weighted by Gasteiger charge is 2.11. The molecule has 8 nitrogen and oxygen atoms in total. The van der Waals surface area contributed by atoms with Crippen molar-refractivity contribution in [3.05, 3.63) is 69.8 Å². The van der Waals surface area contributed by atoms with E-state index in [1.165, 1.54) is 25.1 Å². The molecule has 0 atom stereocenters. The van der Waals surface area contributed by atoms with E-state index in [4.69, 9.17) is 10.00 Å². The number of hydrogen-bond acceptors (Lipinski definition) is 7. The van der Waals surface area contributed by atoms with E-state index in [0.29, 0.717) is 16.5 Å². The number of methoxy groups -OCH3 is 1. The first-order chi connectivity index (χ1) is 13.6. The molecule has 0 aliphatic carbocycles. The molecule has 0 unspecified atom stereocenters. The topological polar surface area (TPSA) is 113 Å². The predicted octanol–water partition coefficient (Wildman–Crippen LogP) is 2.52. The fourth-order valence-electron chi connectivity index (χ4n) is 2.80. The molecule has 1 N–H and O–H groups in total. The summed E-state index contributed by atoms with van der Waals surface area (Å²) in [6.07, 6.45) is 1.31. The number of nitrogens with one attached hydrogen (secondary N) is 1. The number of nitriles is 1. The molecule has 0 radical (unpaired) electrons. The molecule has 0 aliphatic heterocycles. The van der Waals surface area contributed by atoms with Gasteiger partial charge in [0.2, 0.25) is 0 Å². The minimum Gasteiger partial charge on any atom is -0.465 e. The summed E-state index contributed by atoms with van der Waals surface area (Å²) >= 11 is 1.34. The van der Waals surface area contributed by atoms with Crippen molar-refractivity contribution in [1.29, 1.82) is 5.26 Å². The van der Waals surface area contributed by atoms with Gasteiger partial charge < -0.3 is 4.74 Å². The molecule has 2 aromatic heterocycles. The van der Waals surface area contributed by atoms with Crippen LogP contribution in [0.1, 0.15) is 21.5 Å². The molecule has 0 fully saturated rings. The lowest BCUT2D eigenvalue weighted by molar-refractivity contribution is 0.0601. The number of carbonyl (C=O) groups is 1. The Balaban J connectivity index is 1.62. The van der Waals surface area contributed by atoms with Crippen molar-refractivity contribution in [2.45, 2.75) is 10.9 Å². The lowest BCUT2D eigenvalue weighted by atomic mass is 10.0. The normalized spacial score (nSPS) is 10.9. The van der Waals surface area contributed by atoms with Gasteiger partial charge in [0.25, 0.3) is 0 Å². The van der Waals surface area contributed by atoms with E-state index < -0.39 is 5.69 Å². The number of H-pyrrole nitrogens is 1. The third-order valence-corrected chi connectivity index (χ3v) is 5.12. The molecule has 4 rings (SSSR count). The van der Waals surface area contributed by atoms with Crippen molar-refractivity contribution in [1.82, 2.24) is 19.6 Å². The molecule has 9 heteroatoms. The molecule has 0 spiro atoms. The predicted molar refractivity (Wildman–Crippen MR) is 103 cm³/mol. The van der Waals surface area contributed by atoms with Crippen molar-refractivity contribution in [3.63, 3.8) is 0 Å². The van der Waals surface area contributed by atoms with Crippen molar-refractivity contribution in [2.75, 3.05) is 7.11 Å². The van der Waals surface area contributed by atoms with Crippen LogP contribution in [0, 0.1) is 11.3 Å². The molecule has 0 saturated heterocycles. The Morgan fingerprint density at radius 2 is 2.11 bits per heavy atom. The number of benzene rings is 2. The fraction of sp³-hybridized carbons (Fsp3) is 0.105. The number of hydrogen-bond donors (Lipinski definition) is 1. The van der Waals surface area contributed by atoms with Gasteiger partial charge in [-0.25, -0.2) is 14.6 Å². The number of aromatic amines is 1. The maximum atomic E-state index is 12.1. The van der Waals surface area contributed by atoms with Crippen LogP contribution in [0.4, 0.5) is 0 Å². The Kier molecular flexibility index (Phi) is 4.55. The van der Waals surface area contributed by atoms with Gasteiger partial charge in [-0.1, -0.05) is 36.0 Å². The van der Waals surface area contributed by atoms with E-state index in [1.807, 2.05) is 30.3 Å². The van der Waals surface area contributed by atoms with Gasteiger partial charge >= 0.3 is 11.7 Å². The van der Waals surface area contributed by atoms with Crippen LogP contribution in [0.3, 0.4) is 0 Å². The summed E-state index contributed by atoms with van der Waals surface area (Å²) in [5, 5.41) is 15.3. The summed E-state index contributed by atoms with van der Waals surface area (Å²) in [4.78, 5) is 30.8. The van der Waals surface area contributed by atoms with Gasteiger partial charge in [-0.3, -0.25) is 4.98 Å². The van der Waals surface area contributed by atoms with Gasteiger partial charge in [0.15, 0.2) is 10.8 Å². The molecular weight excluding hydrogens is 378 g/mol. The molecular formula is C19H13N5O3S.